The van der Waals surface area contributed by atoms with E-state index in [4.69, 9.17) is 9.26 Å². The van der Waals surface area contributed by atoms with Gasteiger partial charge in [0.05, 0.1) is 13.5 Å². The summed E-state index contributed by atoms with van der Waals surface area (Å²) in [6.07, 6.45) is 0.581. The van der Waals surface area contributed by atoms with Crippen LogP contribution in [0, 0.1) is 19.8 Å². The lowest BCUT2D eigenvalue weighted by Gasteiger charge is -2.18. The molecular formula is C18H24N2O4. The van der Waals surface area contributed by atoms with Gasteiger partial charge in [0, 0.05) is 5.39 Å². The highest BCUT2D eigenvalue weighted by atomic mass is 16.5. The maximum atomic E-state index is 12.3. The highest BCUT2D eigenvalue weighted by Crippen LogP contribution is 2.24. The van der Waals surface area contributed by atoms with Gasteiger partial charge in [0.15, 0.2) is 5.58 Å². The number of carbonyl (C=O) groups excluding carboxylic acids is 2. The number of hydrogen-bond donors (Lipinski definition) is 1. The van der Waals surface area contributed by atoms with Crippen LogP contribution in [0.3, 0.4) is 0 Å². The molecule has 0 radical (unpaired) electrons. The summed E-state index contributed by atoms with van der Waals surface area (Å²) >= 11 is 0. The lowest BCUT2D eigenvalue weighted by molar-refractivity contribution is -0.145. The molecule has 1 N–H and O–H groups in total. The van der Waals surface area contributed by atoms with Crippen LogP contribution in [0.1, 0.15) is 37.1 Å². The highest BCUT2D eigenvalue weighted by Gasteiger charge is 2.23. The fourth-order valence-corrected chi connectivity index (χ4v) is 2.79. The standard InChI is InChI=1S/C18H24N2O4/c1-10(2)6-15(18(22)23-5)19-16(21)9-14-13-8-11(3)7-12(4)17(13)24-20-14/h7-8,10,15H,6,9H2,1-5H3,(H,19,21). The molecule has 6 nitrogen and oxygen atoms in total. The van der Waals surface area contributed by atoms with Crippen molar-refractivity contribution < 1.29 is 18.8 Å². The molecule has 24 heavy (non-hydrogen) atoms. The normalized spacial score (nSPS) is 12.4. The number of fused-ring (bicyclic) bond motifs is 1. The fraction of sp³-hybridized carbons (Fsp3) is 0.500. The third-order valence-electron chi connectivity index (χ3n) is 3.83. The molecule has 1 unspecified atom stereocenters. The van der Waals surface area contributed by atoms with Crippen LogP contribution in [0.15, 0.2) is 16.7 Å². The van der Waals surface area contributed by atoms with Crippen LogP contribution in [0.5, 0.6) is 0 Å². The van der Waals surface area contributed by atoms with Crippen LogP contribution in [0.4, 0.5) is 0 Å². The van der Waals surface area contributed by atoms with Gasteiger partial charge in [-0.3, -0.25) is 4.79 Å². The van der Waals surface area contributed by atoms with Crippen molar-refractivity contribution in [1.29, 1.82) is 0 Å². The van der Waals surface area contributed by atoms with Gasteiger partial charge in [0.25, 0.3) is 0 Å². The number of nitrogens with zero attached hydrogens (tertiary/aromatic N) is 1. The fourth-order valence-electron chi connectivity index (χ4n) is 2.79. The van der Waals surface area contributed by atoms with Crippen LogP contribution in [0.25, 0.3) is 11.0 Å². The van der Waals surface area contributed by atoms with Crippen molar-refractivity contribution >= 4 is 22.8 Å². The van der Waals surface area contributed by atoms with Crippen molar-refractivity contribution in [3.8, 4) is 0 Å². The lowest BCUT2D eigenvalue weighted by Crippen LogP contribution is -2.43. The summed E-state index contributed by atoms with van der Waals surface area (Å²) in [6, 6.07) is 3.31. The van der Waals surface area contributed by atoms with Gasteiger partial charge in [-0.25, -0.2) is 4.79 Å². The first kappa shape index (κ1) is 18.0. The van der Waals surface area contributed by atoms with E-state index in [9.17, 15) is 9.59 Å². The van der Waals surface area contributed by atoms with Crippen molar-refractivity contribution in [1.82, 2.24) is 10.5 Å². The Hall–Kier alpha value is -2.37. The minimum atomic E-state index is -0.649. The Bertz CT molecular complexity index is 749. The summed E-state index contributed by atoms with van der Waals surface area (Å²) < 4.78 is 10.1. The Morgan fingerprint density at radius 1 is 1.29 bits per heavy atom. The minimum Gasteiger partial charge on any atom is -0.467 e. The van der Waals surface area contributed by atoms with Crippen LogP contribution >= 0.6 is 0 Å². The van der Waals surface area contributed by atoms with Gasteiger partial charge >= 0.3 is 5.97 Å². The van der Waals surface area contributed by atoms with E-state index >= 15 is 0 Å². The minimum absolute atomic E-state index is 0.0570. The second-order valence-corrected chi connectivity index (χ2v) is 6.54. The first-order valence-corrected chi connectivity index (χ1v) is 8.04. The molecule has 1 aromatic carbocycles. The van der Waals surface area contributed by atoms with E-state index in [1.807, 2.05) is 39.8 Å². The predicted octanol–water partition coefficient (Wildman–Crippen LogP) is 2.69. The van der Waals surface area contributed by atoms with Crippen molar-refractivity contribution in [2.24, 2.45) is 5.92 Å². The molecule has 1 heterocycles. The average Bonchev–Trinajstić information content (AvgIpc) is 2.88. The Balaban J connectivity index is 2.15. The van der Waals surface area contributed by atoms with Crippen LogP contribution in [0.2, 0.25) is 0 Å². The molecule has 1 atom stereocenters. The summed E-state index contributed by atoms with van der Waals surface area (Å²) in [6.45, 7) is 7.90. The molecule has 0 saturated carbocycles. The van der Waals surface area contributed by atoms with Crippen molar-refractivity contribution in [2.45, 2.75) is 46.6 Å². The first-order chi connectivity index (χ1) is 11.3. The van der Waals surface area contributed by atoms with E-state index in [1.54, 1.807) is 0 Å². The van der Waals surface area contributed by atoms with Gasteiger partial charge in [0.1, 0.15) is 11.7 Å². The third kappa shape index (κ3) is 4.13. The summed E-state index contributed by atoms with van der Waals surface area (Å²) in [5.74, 6) is -0.457. The van der Waals surface area contributed by atoms with Crippen molar-refractivity contribution in [2.75, 3.05) is 7.11 Å². The second-order valence-electron chi connectivity index (χ2n) is 6.54. The Morgan fingerprint density at radius 2 is 2.00 bits per heavy atom. The number of ether oxygens (including phenoxy) is 1. The number of aromatic nitrogens is 1. The number of benzene rings is 1. The van der Waals surface area contributed by atoms with Gasteiger partial charge in [-0.15, -0.1) is 0 Å². The zero-order valence-electron chi connectivity index (χ0n) is 14.8. The Morgan fingerprint density at radius 3 is 2.62 bits per heavy atom. The molecule has 0 aliphatic rings. The number of hydrogen-bond acceptors (Lipinski definition) is 5. The zero-order valence-corrected chi connectivity index (χ0v) is 14.8. The SMILES string of the molecule is COC(=O)C(CC(C)C)NC(=O)Cc1noc2c(C)cc(C)cc12. The summed E-state index contributed by atoms with van der Waals surface area (Å²) in [5.41, 5.74) is 3.33. The monoisotopic (exact) mass is 332 g/mol. The average molecular weight is 332 g/mol. The Labute approximate surface area is 141 Å². The molecule has 0 saturated heterocycles. The largest absolute Gasteiger partial charge is 0.467 e. The number of aryl methyl sites for hydroxylation is 2. The molecule has 0 fully saturated rings. The van der Waals surface area contributed by atoms with Crippen molar-refractivity contribution in [3.05, 3.63) is 29.0 Å². The first-order valence-electron chi connectivity index (χ1n) is 8.04. The Kier molecular flexibility index (Phi) is 5.59. The van der Waals surface area contributed by atoms with Crippen LogP contribution in [-0.4, -0.2) is 30.2 Å². The van der Waals surface area contributed by atoms with Gasteiger partial charge in [-0.2, -0.15) is 0 Å². The lowest BCUT2D eigenvalue weighted by atomic mass is 10.0. The van der Waals surface area contributed by atoms with E-state index in [1.165, 1.54) is 7.11 Å². The molecule has 0 bridgehead atoms. The number of amides is 1. The summed E-state index contributed by atoms with van der Waals surface area (Å²) in [5, 5.41) is 7.59. The number of carbonyl (C=O) groups is 2. The predicted molar refractivity (Wildman–Crippen MR) is 90.6 cm³/mol. The van der Waals surface area contributed by atoms with Crippen LogP contribution < -0.4 is 5.32 Å². The molecule has 6 heteroatoms. The van der Waals surface area contributed by atoms with Crippen LogP contribution in [-0.2, 0) is 20.7 Å². The van der Waals surface area contributed by atoms with Gasteiger partial charge in [-0.05, 0) is 43.4 Å². The molecule has 130 valence electrons. The maximum Gasteiger partial charge on any atom is 0.328 e. The smallest absolute Gasteiger partial charge is 0.328 e. The molecule has 2 rings (SSSR count). The molecule has 0 aliphatic heterocycles. The summed E-state index contributed by atoms with van der Waals surface area (Å²) in [7, 11) is 1.32. The third-order valence-corrected chi connectivity index (χ3v) is 3.83. The molecule has 0 spiro atoms. The molecule has 1 aromatic heterocycles. The van der Waals surface area contributed by atoms with Crippen molar-refractivity contribution in [3.63, 3.8) is 0 Å². The van der Waals surface area contributed by atoms with Gasteiger partial charge < -0.3 is 14.6 Å². The topological polar surface area (TPSA) is 81.4 Å². The van der Waals surface area contributed by atoms with Gasteiger partial charge in [0.2, 0.25) is 5.91 Å². The number of rotatable bonds is 6. The maximum absolute atomic E-state index is 12.3. The summed E-state index contributed by atoms with van der Waals surface area (Å²) in [4.78, 5) is 24.2. The molecule has 1 amide bonds. The van der Waals surface area contributed by atoms with E-state index in [-0.39, 0.29) is 18.2 Å². The second kappa shape index (κ2) is 7.47. The number of nitrogens with one attached hydrogen (secondary N) is 1. The van der Waals surface area contributed by atoms with Gasteiger partial charge in [-0.1, -0.05) is 25.1 Å². The zero-order chi connectivity index (χ0) is 17.9. The van der Waals surface area contributed by atoms with E-state index in [0.29, 0.717) is 17.7 Å². The number of esters is 1. The van der Waals surface area contributed by atoms with E-state index in [0.717, 1.165) is 16.5 Å². The quantitative estimate of drug-likeness (QED) is 0.823. The molecular weight excluding hydrogens is 308 g/mol. The molecule has 0 aliphatic carbocycles. The molecule has 2 aromatic rings. The highest BCUT2D eigenvalue weighted by molar-refractivity contribution is 5.90. The number of methoxy groups -OCH3 is 1. The van der Waals surface area contributed by atoms with E-state index in [2.05, 4.69) is 10.5 Å². The van der Waals surface area contributed by atoms with E-state index < -0.39 is 12.0 Å².